The summed E-state index contributed by atoms with van der Waals surface area (Å²) in [7, 11) is 0. The van der Waals surface area contributed by atoms with Crippen LogP contribution >= 0.6 is 0 Å². The van der Waals surface area contributed by atoms with Crippen molar-refractivity contribution in [3.63, 3.8) is 0 Å². The van der Waals surface area contributed by atoms with Gasteiger partial charge in [-0.25, -0.2) is 28.2 Å². The molecule has 4 aromatic rings. The monoisotopic (exact) mass is 492 g/mol. The number of likely N-dealkylation sites (tertiary alicyclic amines) is 1. The molecule has 0 bridgehead atoms. The Bertz CT molecular complexity index is 1440. The zero-order valence-electron chi connectivity index (χ0n) is 20.6. The minimum Gasteiger partial charge on any atom is -0.374 e. The molecule has 0 unspecified atom stereocenters. The van der Waals surface area contributed by atoms with E-state index in [-0.39, 0.29) is 0 Å². The fourth-order valence-electron chi connectivity index (χ4n) is 5.71. The number of aryl methyl sites for hydroxylation is 1. The number of allylic oxidation sites excluding steroid dienone is 1. The smallest absolute Gasteiger partial charge is 0.256 e. The number of nitrogens with zero attached hydrogens (tertiary/aromatic N) is 7. The Kier molecular flexibility index (Phi) is 5.42. The highest BCUT2D eigenvalue weighted by Gasteiger charge is 2.44. The van der Waals surface area contributed by atoms with Gasteiger partial charge in [-0.1, -0.05) is 6.58 Å². The molecule has 8 nitrogen and oxygen atoms in total. The zero-order valence-corrected chi connectivity index (χ0v) is 20.6. The predicted octanol–water partition coefficient (Wildman–Crippen LogP) is 4.90. The molecule has 0 amide bonds. The van der Waals surface area contributed by atoms with Crippen LogP contribution in [0.25, 0.3) is 27.9 Å². The molecule has 0 radical (unpaired) electrons. The summed E-state index contributed by atoms with van der Waals surface area (Å²) in [5, 5.41) is 8.20. The first-order chi connectivity index (χ1) is 17.3. The summed E-state index contributed by atoms with van der Waals surface area (Å²) < 4.78 is 29.4. The fraction of sp³-hybridized carbons (Fsp3) is 0.462. The summed E-state index contributed by atoms with van der Waals surface area (Å²) in [5.41, 5.74) is 5.00. The van der Waals surface area contributed by atoms with Crippen molar-refractivity contribution in [3.05, 3.63) is 48.7 Å². The lowest BCUT2D eigenvalue weighted by molar-refractivity contribution is -0.00561. The maximum atomic E-state index is 13.1. The minimum absolute atomic E-state index is 0.365. The van der Waals surface area contributed by atoms with Crippen LogP contribution < -0.4 is 5.32 Å². The third-order valence-corrected chi connectivity index (χ3v) is 7.77. The molecule has 6 rings (SSSR count). The molecule has 1 saturated heterocycles. The Labute approximate surface area is 208 Å². The first kappa shape index (κ1) is 22.9. The molecule has 2 fully saturated rings. The van der Waals surface area contributed by atoms with E-state index in [0.717, 1.165) is 42.7 Å². The Balaban J connectivity index is 1.19. The van der Waals surface area contributed by atoms with E-state index in [9.17, 15) is 8.78 Å². The standard InChI is InChI=1S/C26H30F2N8/c1-16(2)34-14-26(15-34)9-6-18(7-10-26)31-25-29-12-22-19(8-11-36(22)33-25)20-4-5-21-24(32-20)35(13-23(27)28)17(3)30-21/h4-5,8,11-12,18,23H,1,6-7,9-10,13-15H2,2-3H3,(H,31,33). The summed E-state index contributed by atoms with van der Waals surface area (Å²) in [6.07, 6.45) is 5.83. The molecule has 4 aromatic heterocycles. The van der Waals surface area contributed by atoms with Crippen molar-refractivity contribution in [3.8, 4) is 11.3 Å². The van der Waals surface area contributed by atoms with E-state index in [1.165, 1.54) is 17.4 Å². The van der Waals surface area contributed by atoms with Crippen LogP contribution in [0.4, 0.5) is 14.7 Å². The van der Waals surface area contributed by atoms with Crippen LogP contribution in [0.2, 0.25) is 0 Å². The molecule has 1 N–H and O–H groups in total. The highest BCUT2D eigenvalue weighted by molar-refractivity contribution is 5.82. The quantitative estimate of drug-likeness (QED) is 0.412. The number of nitrogens with one attached hydrogen (secondary N) is 1. The van der Waals surface area contributed by atoms with Gasteiger partial charge in [-0.15, -0.1) is 5.10 Å². The molecule has 5 heterocycles. The van der Waals surface area contributed by atoms with Crippen LogP contribution in [0, 0.1) is 12.3 Å². The topological polar surface area (TPSA) is 76.2 Å². The average molecular weight is 493 g/mol. The summed E-state index contributed by atoms with van der Waals surface area (Å²) in [6, 6.07) is 5.97. The van der Waals surface area contributed by atoms with Gasteiger partial charge < -0.3 is 14.8 Å². The number of hydrogen-bond acceptors (Lipinski definition) is 6. The molecule has 1 saturated carbocycles. The maximum absolute atomic E-state index is 13.1. The Hall–Kier alpha value is -3.56. The van der Waals surface area contributed by atoms with Crippen molar-refractivity contribution in [2.24, 2.45) is 5.41 Å². The van der Waals surface area contributed by atoms with Gasteiger partial charge in [0.05, 0.1) is 24.0 Å². The number of halogens is 2. The highest BCUT2D eigenvalue weighted by Crippen LogP contribution is 2.45. The third-order valence-electron chi connectivity index (χ3n) is 7.77. The fourth-order valence-corrected chi connectivity index (χ4v) is 5.71. The summed E-state index contributed by atoms with van der Waals surface area (Å²) >= 11 is 0. The van der Waals surface area contributed by atoms with Crippen molar-refractivity contribution < 1.29 is 8.78 Å². The lowest BCUT2D eigenvalue weighted by atomic mass is 9.67. The normalized spacial score (nSPS) is 17.9. The van der Waals surface area contributed by atoms with Gasteiger partial charge in [0.15, 0.2) is 5.65 Å². The van der Waals surface area contributed by atoms with Crippen LogP contribution in [-0.4, -0.2) is 59.6 Å². The van der Waals surface area contributed by atoms with E-state index in [1.807, 2.05) is 24.4 Å². The predicted molar refractivity (Wildman–Crippen MR) is 135 cm³/mol. The third kappa shape index (κ3) is 3.98. The Morgan fingerprint density at radius 1 is 1.19 bits per heavy atom. The number of anilines is 1. The van der Waals surface area contributed by atoms with E-state index >= 15 is 0 Å². The molecule has 2 aliphatic rings. The summed E-state index contributed by atoms with van der Waals surface area (Å²) in [5.74, 6) is 1.13. The van der Waals surface area contributed by atoms with E-state index in [0.29, 0.717) is 40.1 Å². The van der Waals surface area contributed by atoms with Gasteiger partial charge in [-0.2, -0.15) is 0 Å². The largest absolute Gasteiger partial charge is 0.374 e. The molecular weight excluding hydrogens is 462 g/mol. The number of fused-ring (bicyclic) bond motifs is 2. The number of imidazole rings is 1. The number of rotatable bonds is 6. The van der Waals surface area contributed by atoms with Gasteiger partial charge in [0.25, 0.3) is 6.43 Å². The first-order valence-electron chi connectivity index (χ1n) is 12.4. The molecule has 1 aliphatic heterocycles. The van der Waals surface area contributed by atoms with Crippen molar-refractivity contribution in [1.29, 1.82) is 0 Å². The zero-order chi connectivity index (χ0) is 25.0. The molecular formula is C26H30F2N8. The highest BCUT2D eigenvalue weighted by atomic mass is 19.3. The minimum atomic E-state index is -2.48. The van der Waals surface area contributed by atoms with Crippen LogP contribution in [0.1, 0.15) is 38.4 Å². The van der Waals surface area contributed by atoms with E-state index in [2.05, 4.69) is 43.8 Å². The molecule has 1 spiro atoms. The SMILES string of the molecule is C=C(C)N1CC2(CCC(Nc3ncc4c(-c5ccc6nc(C)n(CC(F)F)c6n5)ccn4n3)CC2)C1. The molecule has 36 heavy (non-hydrogen) atoms. The molecule has 1 aliphatic carbocycles. The molecule has 10 heteroatoms. The number of hydrogen-bond donors (Lipinski definition) is 1. The van der Waals surface area contributed by atoms with Crippen molar-refractivity contribution in [2.45, 2.75) is 58.5 Å². The van der Waals surface area contributed by atoms with Gasteiger partial charge >= 0.3 is 0 Å². The maximum Gasteiger partial charge on any atom is 0.256 e. The number of pyridine rings is 1. The van der Waals surface area contributed by atoms with Crippen LogP contribution in [-0.2, 0) is 6.54 Å². The van der Waals surface area contributed by atoms with Crippen molar-refractivity contribution in [1.82, 2.24) is 34.0 Å². The van der Waals surface area contributed by atoms with Crippen molar-refractivity contribution >= 4 is 22.6 Å². The van der Waals surface area contributed by atoms with E-state index in [4.69, 9.17) is 0 Å². The summed E-state index contributed by atoms with van der Waals surface area (Å²) in [4.78, 5) is 16.0. The molecule has 0 aromatic carbocycles. The van der Waals surface area contributed by atoms with Gasteiger partial charge in [0, 0.05) is 42.0 Å². The van der Waals surface area contributed by atoms with Crippen LogP contribution in [0.15, 0.2) is 42.9 Å². The summed E-state index contributed by atoms with van der Waals surface area (Å²) in [6.45, 7) is 9.69. The lowest BCUT2D eigenvalue weighted by Gasteiger charge is -2.54. The molecule has 188 valence electrons. The number of aromatic nitrogens is 6. The second kappa shape index (κ2) is 8.53. The van der Waals surface area contributed by atoms with Crippen LogP contribution in [0.3, 0.4) is 0 Å². The van der Waals surface area contributed by atoms with Crippen LogP contribution in [0.5, 0.6) is 0 Å². The first-order valence-corrected chi connectivity index (χ1v) is 12.4. The lowest BCUT2D eigenvalue weighted by Crippen LogP contribution is -2.57. The van der Waals surface area contributed by atoms with Gasteiger partial charge in [-0.05, 0) is 57.7 Å². The Morgan fingerprint density at radius 2 is 1.97 bits per heavy atom. The number of alkyl halides is 2. The second-order valence-electron chi connectivity index (χ2n) is 10.4. The van der Waals surface area contributed by atoms with E-state index < -0.39 is 13.0 Å². The van der Waals surface area contributed by atoms with E-state index in [1.54, 1.807) is 17.6 Å². The van der Waals surface area contributed by atoms with Gasteiger partial charge in [0.2, 0.25) is 5.95 Å². The van der Waals surface area contributed by atoms with Gasteiger partial charge in [0.1, 0.15) is 11.3 Å². The molecule has 0 atom stereocenters. The average Bonchev–Trinajstić information content (AvgIpc) is 3.38. The Morgan fingerprint density at radius 3 is 2.69 bits per heavy atom. The van der Waals surface area contributed by atoms with Gasteiger partial charge in [-0.3, -0.25) is 0 Å². The van der Waals surface area contributed by atoms with Crippen molar-refractivity contribution in [2.75, 3.05) is 18.4 Å². The second-order valence-corrected chi connectivity index (χ2v) is 10.4.